The summed E-state index contributed by atoms with van der Waals surface area (Å²) >= 11 is 3.36. The molecule has 0 saturated heterocycles. The number of rotatable bonds is 1. The Balaban J connectivity index is 2.27. The molecule has 0 fully saturated rings. The third kappa shape index (κ3) is 2.91. The number of pyridine rings is 1. The van der Waals surface area contributed by atoms with Gasteiger partial charge >= 0.3 is 0 Å². The molecule has 0 saturated carbocycles. The van der Waals surface area contributed by atoms with E-state index in [1.807, 2.05) is 0 Å². The number of aromatic nitrogens is 1. The van der Waals surface area contributed by atoms with Crippen molar-refractivity contribution in [1.82, 2.24) is 4.98 Å². The van der Waals surface area contributed by atoms with E-state index in [1.54, 1.807) is 42.6 Å². The Kier molecular flexibility index (Phi) is 4.01. The number of halogens is 1. The van der Waals surface area contributed by atoms with E-state index in [9.17, 15) is 13.2 Å². The number of carbonyl (C=O) groups is 1. The molecule has 2 aromatic rings. The number of anilines is 1. The molecule has 5 nitrogen and oxygen atoms in total. The van der Waals surface area contributed by atoms with E-state index in [0.29, 0.717) is 16.9 Å². The van der Waals surface area contributed by atoms with Crippen molar-refractivity contribution < 1.29 is 13.2 Å². The van der Waals surface area contributed by atoms with Crippen molar-refractivity contribution in [2.24, 2.45) is 0 Å². The van der Waals surface area contributed by atoms with Crippen LogP contribution in [0.3, 0.4) is 0 Å². The van der Waals surface area contributed by atoms with E-state index >= 15 is 0 Å². The number of hydrogen-bond donors (Lipinski definition) is 1. The summed E-state index contributed by atoms with van der Waals surface area (Å²) in [7, 11) is -3.54. The predicted octanol–water partition coefficient (Wildman–Crippen LogP) is 2.69. The first-order valence-electron chi connectivity index (χ1n) is 6.69. The molecule has 7 heteroatoms. The van der Waals surface area contributed by atoms with Crippen LogP contribution in [0, 0.1) is 0 Å². The molecule has 0 radical (unpaired) electrons. The molecule has 1 unspecified atom stereocenters. The van der Waals surface area contributed by atoms with E-state index in [-0.39, 0.29) is 18.1 Å². The van der Waals surface area contributed by atoms with Gasteiger partial charge in [0.15, 0.2) is 9.84 Å². The highest BCUT2D eigenvalue weighted by molar-refractivity contribution is 9.10. The van der Waals surface area contributed by atoms with Crippen LogP contribution in [0.4, 0.5) is 5.69 Å². The minimum Gasteiger partial charge on any atom is -0.326 e. The molecule has 1 N–H and O–H groups in total. The third-order valence-corrected chi connectivity index (χ3v) is 5.98. The number of hydrogen-bond acceptors (Lipinski definition) is 4. The Hall–Kier alpha value is -1.73. The van der Waals surface area contributed by atoms with Crippen molar-refractivity contribution in [1.29, 1.82) is 0 Å². The minimum absolute atomic E-state index is 0.0544. The van der Waals surface area contributed by atoms with Gasteiger partial charge in [-0.2, -0.15) is 0 Å². The Morgan fingerprint density at radius 1 is 1.23 bits per heavy atom. The number of carbonyl (C=O) groups excluding carboxylic acids is 1. The monoisotopic (exact) mass is 380 g/mol. The first-order valence-corrected chi connectivity index (χ1v) is 9.20. The van der Waals surface area contributed by atoms with Gasteiger partial charge in [-0.3, -0.25) is 9.78 Å². The summed E-state index contributed by atoms with van der Waals surface area (Å²) in [6, 6.07) is 10.4. The van der Waals surface area contributed by atoms with E-state index in [0.717, 1.165) is 4.47 Å². The van der Waals surface area contributed by atoms with Crippen molar-refractivity contribution in [2.45, 2.75) is 11.7 Å². The molecular weight excluding hydrogens is 368 g/mol. The van der Waals surface area contributed by atoms with Crippen LogP contribution in [0.25, 0.3) is 0 Å². The summed E-state index contributed by atoms with van der Waals surface area (Å²) in [5, 5.41) is 1.89. The highest BCUT2D eigenvalue weighted by Gasteiger charge is 2.34. The summed E-state index contributed by atoms with van der Waals surface area (Å²) < 4.78 is 26.2. The lowest BCUT2D eigenvalue weighted by atomic mass is 10.1. The second-order valence-corrected chi connectivity index (χ2v) is 8.15. The van der Waals surface area contributed by atoms with Gasteiger partial charge in [0.1, 0.15) is 5.25 Å². The van der Waals surface area contributed by atoms with Gasteiger partial charge in [0.25, 0.3) is 0 Å². The summed E-state index contributed by atoms with van der Waals surface area (Å²) in [6.45, 7) is 0. The van der Waals surface area contributed by atoms with Crippen LogP contribution >= 0.6 is 15.9 Å². The van der Waals surface area contributed by atoms with E-state index in [1.165, 1.54) is 0 Å². The highest BCUT2D eigenvalue weighted by Crippen LogP contribution is 2.37. The molecule has 3 rings (SSSR count). The Bertz CT molecular complexity index is 822. The van der Waals surface area contributed by atoms with Crippen LogP contribution in [0.2, 0.25) is 0 Å². The van der Waals surface area contributed by atoms with Gasteiger partial charge in [0.2, 0.25) is 5.91 Å². The Labute approximate surface area is 136 Å². The normalized spacial score (nSPS) is 20.4. The molecule has 22 heavy (non-hydrogen) atoms. The van der Waals surface area contributed by atoms with Gasteiger partial charge in [-0.1, -0.05) is 22.0 Å². The largest absolute Gasteiger partial charge is 0.326 e. The fraction of sp³-hybridized carbons (Fsp3) is 0.200. The van der Waals surface area contributed by atoms with E-state index in [4.69, 9.17) is 0 Å². The maximum atomic E-state index is 12.7. The van der Waals surface area contributed by atoms with Gasteiger partial charge in [-0.15, -0.1) is 0 Å². The van der Waals surface area contributed by atoms with Gasteiger partial charge < -0.3 is 5.32 Å². The zero-order valence-corrected chi connectivity index (χ0v) is 13.9. The fourth-order valence-electron chi connectivity index (χ4n) is 2.50. The molecule has 1 aliphatic rings. The Morgan fingerprint density at radius 3 is 2.77 bits per heavy atom. The third-order valence-electron chi connectivity index (χ3n) is 3.50. The number of sulfone groups is 1. The molecule has 1 aromatic carbocycles. The minimum atomic E-state index is -3.54. The lowest BCUT2D eigenvalue weighted by molar-refractivity contribution is -0.115. The van der Waals surface area contributed by atoms with Crippen LogP contribution in [0.1, 0.15) is 22.9 Å². The predicted molar refractivity (Wildman–Crippen MR) is 87.3 cm³/mol. The molecule has 114 valence electrons. The van der Waals surface area contributed by atoms with Crippen LogP contribution in [0.5, 0.6) is 0 Å². The number of nitrogens with one attached hydrogen (secondary N) is 1. The average Bonchev–Trinajstić information content (AvgIpc) is 2.48. The number of benzene rings is 1. The van der Waals surface area contributed by atoms with Crippen molar-refractivity contribution in [3.63, 3.8) is 0 Å². The Morgan fingerprint density at radius 2 is 2.05 bits per heavy atom. The lowest BCUT2D eigenvalue weighted by Gasteiger charge is -2.23. The number of fused-ring (bicyclic) bond motifs is 1. The molecule has 0 aliphatic carbocycles. The summed E-state index contributed by atoms with van der Waals surface area (Å²) in [5.74, 6) is -0.502. The molecule has 0 bridgehead atoms. The molecule has 1 aromatic heterocycles. The molecule has 1 aliphatic heterocycles. The lowest BCUT2D eigenvalue weighted by Crippen LogP contribution is -2.27. The van der Waals surface area contributed by atoms with Crippen molar-refractivity contribution in [3.05, 3.63) is 58.3 Å². The van der Waals surface area contributed by atoms with Gasteiger partial charge in [0, 0.05) is 28.3 Å². The topological polar surface area (TPSA) is 76.1 Å². The van der Waals surface area contributed by atoms with Crippen LogP contribution in [-0.2, 0) is 14.6 Å². The second kappa shape index (κ2) is 5.81. The maximum Gasteiger partial charge on any atom is 0.225 e. The first-order chi connectivity index (χ1) is 10.5. The highest BCUT2D eigenvalue weighted by atomic mass is 79.9. The van der Waals surface area contributed by atoms with Crippen LogP contribution < -0.4 is 5.32 Å². The zero-order chi connectivity index (χ0) is 15.7. The summed E-state index contributed by atoms with van der Waals surface area (Å²) in [4.78, 5) is 16.0. The number of amides is 1. The maximum absolute atomic E-state index is 12.7. The molecular formula is C15H13BrN2O3S. The van der Waals surface area contributed by atoms with Crippen molar-refractivity contribution in [3.8, 4) is 0 Å². The van der Waals surface area contributed by atoms with Gasteiger partial charge in [-0.05, 0) is 30.3 Å². The summed E-state index contributed by atoms with van der Waals surface area (Å²) in [6.07, 6.45) is 1.51. The van der Waals surface area contributed by atoms with Crippen LogP contribution in [0.15, 0.2) is 47.1 Å². The number of nitrogens with zero attached hydrogens (tertiary/aromatic N) is 1. The van der Waals surface area contributed by atoms with E-state index < -0.39 is 15.1 Å². The summed E-state index contributed by atoms with van der Waals surface area (Å²) in [5.41, 5.74) is 1.49. The molecule has 1 atom stereocenters. The van der Waals surface area contributed by atoms with Crippen LogP contribution in [-0.4, -0.2) is 25.1 Å². The quantitative estimate of drug-likeness (QED) is 0.824. The molecule has 2 heterocycles. The molecule has 0 spiro atoms. The zero-order valence-electron chi connectivity index (χ0n) is 11.5. The van der Waals surface area contributed by atoms with Crippen molar-refractivity contribution in [2.75, 3.05) is 11.1 Å². The standard InChI is InChI=1S/C15H13BrN2O3S/c16-10-4-5-12-11(9-10)15(13-3-1-2-7-17-13)22(20,21)8-6-14(19)18-12/h1-5,7,9,15H,6,8H2,(H,18,19). The van der Waals surface area contributed by atoms with Crippen molar-refractivity contribution >= 4 is 37.4 Å². The molecule has 1 amide bonds. The average molecular weight is 381 g/mol. The smallest absolute Gasteiger partial charge is 0.225 e. The van der Waals surface area contributed by atoms with Gasteiger partial charge in [-0.25, -0.2) is 8.42 Å². The fourth-order valence-corrected chi connectivity index (χ4v) is 4.67. The second-order valence-electron chi connectivity index (χ2n) is 5.03. The SMILES string of the molecule is O=C1CCS(=O)(=O)C(c2ccccn2)c2cc(Br)ccc2N1. The first kappa shape index (κ1) is 15.2. The van der Waals surface area contributed by atoms with Gasteiger partial charge in [0.05, 0.1) is 11.4 Å². The van der Waals surface area contributed by atoms with E-state index in [2.05, 4.69) is 26.2 Å².